The lowest BCUT2D eigenvalue weighted by Crippen LogP contribution is -2.29. The third kappa shape index (κ3) is 6.43. The Morgan fingerprint density at radius 3 is 1.94 bits per heavy atom. The van der Waals surface area contributed by atoms with Gasteiger partial charge in [-0.3, -0.25) is 9.10 Å². The Morgan fingerprint density at radius 1 is 0.848 bits per heavy atom. The summed E-state index contributed by atoms with van der Waals surface area (Å²) in [7, 11) is -6.82. The highest BCUT2D eigenvalue weighted by Gasteiger charge is 2.19. The predicted octanol–water partition coefficient (Wildman–Crippen LogP) is 3.55. The van der Waals surface area contributed by atoms with Gasteiger partial charge in [0, 0.05) is 11.8 Å². The average Bonchev–Trinajstić information content (AvgIpc) is 2.77. The van der Waals surface area contributed by atoms with Gasteiger partial charge in [-0.05, 0) is 54.4 Å². The largest absolute Gasteiger partial charge is 0.346 e. The van der Waals surface area contributed by atoms with Crippen molar-refractivity contribution in [2.45, 2.75) is 24.4 Å². The first-order valence-electron chi connectivity index (χ1n) is 10.2. The van der Waals surface area contributed by atoms with Crippen LogP contribution in [0.5, 0.6) is 0 Å². The molecule has 9 heteroatoms. The zero-order chi connectivity index (χ0) is 24.2. The summed E-state index contributed by atoms with van der Waals surface area (Å²) in [6.07, 6.45) is 2.29. The number of amides is 1. The van der Waals surface area contributed by atoms with E-state index in [2.05, 4.69) is 5.32 Å². The first-order chi connectivity index (χ1) is 15.4. The Hall–Kier alpha value is -3.17. The molecule has 33 heavy (non-hydrogen) atoms. The number of sulfonamides is 1. The molecule has 3 aromatic rings. The van der Waals surface area contributed by atoms with Crippen LogP contribution in [0.15, 0.2) is 83.8 Å². The van der Waals surface area contributed by atoms with Crippen LogP contribution in [-0.2, 0) is 26.4 Å². The Balaban J connectivity index is 1.73. The molecule has 0 saturated heterocycles. The van der Waals surface area contributed by atoms with Crippen LogP contribution < -0.4 is 9.62 Å². The van der Waals surface area contributed by atoms with Crippen LogP contribution in [0.1, 0.15) is 34.5 Å². The predicted molar refractivity (Wildman–Crippen MR) is 129 cm³/mol. The highest BCUT2D eigenvalue weighted by Crippen LogP contribution is 2.22. The minimum atomic E-state index is -3.53. The smallest absolute Gasteiger partial charge is 0.251 e. The third-order valence-corrected chi connectivity index (χ3v) is 7.41. The molecule has 0 heterocycles. The van der Waals surface area contributed by atoms with Crippen molar-refractivity contribution in [1.29, 1.82) is 0 Å². The topological polar surface area (TPSA) is 101 Å². The maximum Gasteiger partial charge on any atom is 0.251 e. The lowest BCUT2D eigenvalue weighted by atomic mass is 10.1. The van der Waals surface area contributed by atoms with Crippen molar-refractivity contribution in [1.82, 2.24) is 5.32 Å². The standard InChI is InChI=1S/C24H26N2O5S2/c1-18(20-11-15-23(16-12-20)32(2,28)29)25-24(27)21-9-13-22(14-10-21)26(33(3,30)31)17-19-7-5-4-6-8-19/h4-16,18H,17H2,1-3H3,(H,25,27). The van der Waals surface area contributed by atoms with Crippen LogP contribution >= 0.6 is 0 Å². The Kier molecular flexibility index (Phi) is 7.24. The van der Waals surface area contributed by atoms with E-state index < -0.39 is 19.9 Å². The summed E-state index contributed by atoms with van der Waals surface area (Å²) in [6, 6.07) is 21.6. The number of benzene rings is 3. The van der Waals surface area contributed by atoms with Crippen LogP contribution in [0.2, 0.25) is 0 Å². The van der Waals surface area contributed by atoms with E-state index in [1.807, 2.05) is 30.3 Å². The van der Waals surface area contributed by atoms with Gasteiger partial charge in [0.2, 0.25) is 10.0 Å². The minimum Gasteiger partial charge on any atom is -0.346 e. The monoisotopic (exact) mass is 486 g/mol. The van der Waals surface area contributed by atoms with Crippen molar-refractivity contribution in [3.05, 3.63) is 95.6 Å². The van der Waals surface area contributed by atoms with Crippen molar-refractivity contribution in [3.8, 4) is 0 Å². The SMILES string of the molecule is CC(NC(=O)c1ccc(N(Cc2ccccc2)S(C)(=O)=O)cc1)c1ccc(S(C)(=O)=O)cc1. The lowest BCUT2D eigenvalue weighted by molar-refractivity contribution is 0.0940. The van der Waals surface area contributed by atoms with Gasteiger partial charge in [-0.2, -0.15) is 0 Å². The quantitative estimate of drug-likeness (QED) is 0.525. The van der Waals surface area contributed by atoms with Crippen LogP contribution in [0, 0.1) is 0 Å². The fraction of sp³-hybridized carbons (Fsp3) is 0.208. The Bertz CT molecular complexity index is 1320. The average molecular weight is 487 g/mol. The molecular weight excluding hydrogens is 460 g/mol. The van der Waals surface area contributed by atoms with Gasteiger partial charge >= 0.3 is 0 Å². The van der Waals surface area contributed by atoms with E-state index in [0.29, 0.717) is 11.3 Å². The van der Waals surface area contributed by atoms with Gasteiger partial charge in [-0.25, -0.2) is 16.8 Å². The first-order valence-corrected chi connectivity index (χ1v) is 13.9. The molecule has 0 aliphatic rings. The summed E-state index contributed by atoms with van der Waals surface area (Å²) < 4.78 is 49.2. The molecular formula is C24H26N2O5S2. The molecule has 0 saturated carbocycles. The van der Waals surface area contributed by atoms with E-state index in [9.17, 15) is 21.6 Å². The van der Waals surface area contributed by atoms with Gasteiger partial charge in [-0.15, -0.1) is 0 Å². The summed E-state index contributed by atoms with van der Waals surface area (Å²) in [5.74, 6) is -0.324. The van der Waals surface area contributed by atoms with E-state index in [1.54, 1.807) is 43.3 Å². The fourth-order valence-electron chi connectivity index (χ4n) is 3.30. The number of carbonyl (C=O) groups is 1. The molecule has 0 aliphatic carbocycles. The molecule has 0 bridgehead atoms. The molecule has 7 nitrogen and oxygen atoms in total. The molecule has 3 aromatic carbocycles. The van der Waals surface area contributed by atoms with E-state index in [4.69, 9.17) is 0 Å². The van der Waals surface area contributed by atoms with Crippen molar-refractivity contribution in [3.63, 3.8) is 0 Å². The van der Waals surface area contributed by atoms with Gasteiger partial charge in [-0.1, -0.05) is 42.5 Å². The lowest BCUT2D eigenvalue weighted by Gasteiger charge is -2.23. The summed E-state index contributed by atoms with van der Waals surface area (Å²) in [5.41, 5.74) is 2.45. The third-order valence-electron chi connectivity index (χ3n) is 5.14. The van der Waals surface area contributed by atoms with Gasteiger partial charge < -0.3 is 5.32 Å². The minimum absolute atomic E-state index is 0.186. The van der Waals surface area contributed by atoms with Crippen LogP contribution in [-0.4, -0.2) is 35.3 Å². The zero-order valence-corrected chi connectivity index (χ0v) is 20.2. The van der Waals surface area contributed by atoms with Gasteiger partial charge in [0.1, 0.15) is 0 Å². The molecule has 0 aliphatic heterocycles. The van der Waals surface area contributed by atoms with Crippen molar-refractivity contribution in [2.75, 3.05) is 16.8 Å². The molecule has 3 rings (SSSR count). The highest BCUT2D eigenvalue weighted by atomic mass is 32.2. The first kappa shape index (κ1) is 24.5. The molecule has 0 fully saturated rings. The number of nitrogens with one attached hydrogen (secondary N) is 1. The second kappa shape index (κ2) is 9.76. The Morgan fingerprint density at radius 2 is 1.42 bits per heavy atom. The van der Waals surface area contributed by atoms with Crippen LogP contribution in [0.4, 0.5) is 5.69 Å². The molecule has 1 amide bonds. The van der Waals surface area contributed by atoms with E-state index in [0.717, 1.165) is 23.6 Å². The molecule has 174 valence electrons. The van der Waals surface area contributed by atoms with Crippen molar-refractivity contribution < 1.29 is 21.6 Å². The second-order valence-corrected chi connectivity index (χ2v) is 11.8. The number of hydrogen-bond donors (Lipinski definition) is 1. The zero-order valence-electron chi connectivity index (χ0n) is 18.6. The summed E-state index contributed by atoms with van der Waals surface area (Å²) >= 11 is 0. The summed E-state index contributed by atoms with van der Waals surface area (Å²) in [5, 5.41) is 2.87. The second-order valence-electron chi connectivity index (χ2n) is 7.84. The number of hydrogen-bond acceptors (Lipinski definition) is 5. The van der Waals surface area contributed by atoms with Gasteiger partial charge in [0.15, 0.2) is 9.84 Å². The number of anilines is 1. The van der Waals surface area contributed by atoms with E-state index in [-0.39, 0.29) is 23.4 Å². The van der Waals surface area contributed by atoms with Gasteiger partial charge in [0.05, 0.1) is 29.4 Å². The van der Waals surface area contributed by atoms with E-state index >= 15 is 0 Å². The molecule has 1 N–H and O–H groups in total. The van der Waals surface area contributed by atoms with Crippen molar-refractivity contribution >= 4 is 31.5 Å². The number of nitrogens with zero attached hydrogens (tertiary/aromatic N) is 1. The normalized spacial score (nSPS) is 12.7. The number of rotatable bonds is 8. The number of carbonyl (C=O) groups excluding carboxylic acids is 1. The van der Waals surface area contributed by atoms with Crippen LogP contribution in [0.25, 0.3) is 0 Å². The molecule has 1 atom stereocenters. The summed E-state index contributed by atoms with van der Waals surface area (Å²) in [4.78, 5) is 12.9. The fourth-order valence-corrected chi connectivity index (χ4v) is 4.81. The maximum atomic E-state index is 12.7. The Labute approximate surface area is 195 Å². The van der Waals surface area contributed by atoms with E-state index in [1.165, 1.54) is 16.4 Å². The molecule has 0 aromatic heterocycles. The van der Waals surface area contributed by atoms with Crippen LogP contribution in [0.3, 0.4) is 0 Å². The molecule has 0 radical (unpaired) electrons. The maximum absolute atomic E-state index is 12.7. The highest BCUT2D eigenvalue weighted by molar-refractivity contribution is 7.92. The number of sulfone groups is 1. The van der Waals surface area contributed by atoms with Gasteiger partial charge in [0.25, 0.3) is 5.91 Å². The molecule has 0 spiro atoms. The molecule has 1 unspecified atom stereocenters. The summed E-state index contributed by atoms with van der Waals surface area (Å²) in [6.45, 7) is 1.98. The van der Waals surface area contributed by atoms with Crippen molar-refractivity contribution in [2.24, 2.45) is 0 Å².